The van der Waals surface area contributed by atoms with Crippen LogP contribution in [-0.4, -0.2) is 33.5 Å². The van der Waals surface area contributed by atoms with Gasteiger partial charge in [0.1, 0.15) is 0 Å². The lowest BCUT2D eigenvalue weighted by atomic mass is 9.66. The van der Waals surface area contributed by atoms with E-state index in [-0.39, 0.29) is 23.7 Å². The van der Waals surface area contributed by atoms with Crippen molar-refractivity contribution in [2.45, 2.75) is 31.5 Å². The Hall–Kier alpha value is -0.610. The van der Waals surface area contributed by atoms with Crippen molar-refractivity contribution >= 4 is 5.97 Å². The zero-order chi connectivity index (χ0) is 11.9. The van der Waals surface area contributed by atoms with E-state index >= 15 is 0 Å². The first-order chi connectivity index (χ1) is 8.09. The molecule has 0 aliphatic heterocycles. The van der Waals surface area contributed by atoms with Crippen molar-refractivity contribution in [2.75, 3.05) is 0 Å². The maximum Gasteiger partial charge on any atom is 0.306 e. The van der Waals surface area contributed by atoms with Gasteiger partial charge in [-0.15, -0.1) is 0 Å². The van der Waals surface area contributed by atoms with Crippen LogP contribution in [0.2, 0.25) is 0 Å². The molecule has 0 radical (unpaired) electrons. The summed E-state index contributed by atoms with van der Waals surface area (Å²) in [7, 11) is 0. The summed E-state index contributed by atoms with van der Waals surface area (Å²) >= 11 is 0. The molecule has 0 heterocycles. The van der Waals surface area contributed by atoms with Gasteiger partial charge in [-0.1, -0.05) is 0 Å². The molecule has 4 aliphatic carbocycles. The largest absolute Gasteiger partial charge is 0.481 e. The highest BCUT2D eigenvalue weighted by Gasteiger charge is 2.68. The minimum absolute atomic E-state index is 0.164. The average Bonchev–Trinajstić information content (AvgIpc) is 2.98. The molecule has 3 N–H and O–H groups in total. The lowest BCUT2D eigenvalue weighted by molar-refractivity contribution is -0.147. The maximum atomic E-state index is 11.2. The Kier molecular flexibility index (Phi) is 1.84. The number of aliphatic hydroxyl groups is 2. The van der Waals surface area contributed by atoms with Gasteiger partial charge in [-0.25, -0.2) is 0 Å². The topological polar surface area (TPSA) is 77.8 Å². The molecule has 0 spiro atoms. The highest BCUT2D eigenvalue weighted by molar-refractivity contribution is 5.71. The lowest BCUT2D eigenvalue weighted by Gasteiger charge is -2.41. The smallest absolute Gasteiger partial charge is 0.306 e. The van der Waals surface area contributed by atoms with Crippen LogP contribution in [0.1, 0.15) is 19.3 Å². The van der Waals surface area contributed by atoms with E-state index < -0.39 is 18.2 Å². The van der Waals surface area contributed by atoms with Crippen LogP contribution in [0.25, 0.3) is 0 Å². The first kappa shape index (κ1) is 10.3. The van der Waals surface area contributed by atoms with Crippen LogP contribution in [0.4, 0.5) is 0 Å². The summed E-state index contributed by atoms with van der Waals surface area (Å²) in [4.78, 5) is 11.2. The van der Waals surface area contributed by atoms with Crippen LogP contribution >= 0.6 is 0 Å². The Balaban J connectivity index is 1.68. The molecule has 4 saturated carbocycles. The minimum Gasteiger partial charge on any atom is -0.481 e. The van der Waals surface area contributed by atoms with Gasteiger partial charge in [0.2, 0.25) is 0 Å². The molecule has 4 bridgehead atoms. The van der Waals surface area contributed by atoms with E-state index in [4.69, 9.17) is 0 Å². The van der Waals surface area contributed by atoms with Gasteiger partial charge in [-0.3, -0.25) is 4.79 Å². The summed E-state index contributed by atoms with van der Waals surface area (Å²) in [5, 5.41) is 29.2. The standard InChI is InChI=1S/C13H18O4/c14-11-7-3-8(12(11)15)10-5-1-4(9(7)10)2-6(5)13(16)17/h4-12,14-15H,1-3H2,(H,16,17). The molecule has 0 aromatic carbocycles. The predicted octanol–water partition coefficient (Wildman–Crippen LogP) is 0.331. The summed E-state index contributed by atoms with van der Waals surface area (Å²) < 4.78 is 0. The number of rotatable bonds is 1. The Morgan fingerprint density at radius 1 is 0.882 bits per heavy atom. The second kappa shape index (κ2) is 3.04. The third kappa shape index (κ3) is 1.04. The molecule has 17 heavy (non-hydrogen) atoms. The van der Waals surface area contributed by atoms with E-state index in [1.165, 1.54) is 0 Å². The summed E-state index contributed by atoms with van der Waals surface area (Å²) in [6.07, 6.45) is 1.57. The lowest BCUT2D eigenvalue weighted by Crippen LogP contribution is -2.46. The first-order valence-corrected chi connectivity index (χ1v) is 6.68. The van der Waals surface area contributed by atoms with Crippen molar-refractivity contribution in [3.05, 3.63) is 0 Å². The number of carboxylic acid groups (broad SMARTS) is 1. The fourth-order valence-electron chi connectivity index (χ4n) is 5.84. The predicted molar refractivity (Wildman–Crippen MR) is 57.9 cm³/mol. The molecule has 9 unspecified atom stereocenters. The highest BCUT2D eigenvalue weighted by Crippen LogP contribution is 2.68. The summed E-state index contributed by atoms with van der Waals surface area (Å²) in [6, 6.07) is 0. The van der Waals surface area contributed by atoms with Crippen molar-refractivity contribution in [2.24, 2.45) is 41.4 Å². The number of aliphatic carboxylic acids is 1. The van der Waals surface area contributed by atoms with Crippen LogP contribution in [-0.2, 0) is 4.79 Å². The minimum atomic E-state index is -0.659. The molecule has 0 aromatic rings. The van der Waals surface area contributed by atoms with Gasteiger partial charge >= 0.3 is 5.97 Å². The van der Waals surface area contributed by atoms with Crippen molar-refractivity contribution in [1.29, 1.82) is 0 Å². The second-order valence-electron chi connectivity index (χ2n) is 6.54. The van der Waals surface area contributed by atoms with Crippen LogP contribution in [0, 0.1) is 41.4 Å². The van der Waals surface area contributed by atoms with Crippen LogP contribution < -0.4 is 0 Å². The Labute approximate surface area is 99.6 Å². The van der Waals surface area contributed by atoms with Gasteiger partial charge in [0.05, 0.1) is 18.1 Å². The molecular weight excluding hydrogens is 220 g/mol. The highest BCUT2D eigenvalue weighted by atomic mass is 16.4. The normalized spacial score (nSPS) is 63.1. The third-order valence-electron chi connectivity index (χ3n) is 6.21. The molecule has 4 rings (SSSR count). The molecule has 4 fully saturated rings. The zero-order valence-corrected chi connectivity index (χ0v) is 9.57. The van der Waals surface area contributed by atoms with Crippen LogP contribution in [0.3, 0.4) is 0 Å². The number of aliphatic hydroxyl groups excluding tert-OH is 2. The number of hydrogen-bond acceptors (Lipinski definition) is 3. The third-order valence-corrected chi connectivity index (χ3v) is 6.21. The van der Waals surface area contributed by atoms with E-state index in [0.29, 0.717) is 17.8 Å². The van der Waals surface area contributed by atoms with Gasteiger partial charge in [0.15, 0.2) is 0 Å². The average molecular weight is 238 g/mol. The summed E-state index contributed by atoms with van der Waals surface area (Å²) in [6.45, 7) is 0. The summed E-state index contributed by atoms with van der Waals surface area (Å²) in [5.41, 5.74) is 0. The molecular formula is C13H18O4. The van der Waals surface area contributed by atoms with E-state index in [1.54, 1.807) is 0 Å². The molecule has 0 amide bonds. The van der Waals surface area contributed by atoms with Crippen molar-refractivity contribution in [3.8, 4) is 0 Å². The number of carbonyl (C=O) groups is 1. The van der Waals surface area contributed by atoms with E-state index in [2.05, 4.69) is 0 Å². The molecule has 94 valence electrons. The molecule has 0 aromatic heterocycles. The summed E-state index contributed by atoms with van der Waals surface area (Å²) in [5.74, 6) is 1.18. The molecule has 4 nitrogen and oxygen atoms in total. The van der Waals surface area contributed by atoms with Gasteiger partial charge < -0.3 is 15.3 Å². The van der Waals surface area contributed by atoms with Crippen molar-refractivity contribution in [1.82, 2.24) is 0 Å². The molecule has 4 aliphatic rings. The molecule has 9 atom stereocenters. The maximum absolute atomic E-state index is 11.2. The number of hydrogen-bond donors (Lipinski definition) is 3. The van der Waals surface area contributed by atoms with Gasteiger partial charge in [0, 0.05) is 0 Å². The Morgan fingerprint density at radius 2 is 1.53 bits per heavy atom. The van der Waals surface area contributed by atoms with Gasteiger partial charge in [-0.2, -0.15) is 0 Å². The SMILES string of the molecule is O=C(O)C1CC2CC1C1C3CC(C(O)C3O)C21. The molecule has 4 heteroatoms. The van der Waals surface area contributed by atoms with Crippen LogP contribution in [0.5, 0.6) is 0 Å². The number of fused-ring (bicyclic) bond motifs is 9. The first-order valence-electron chi connectivity index (χ1n) is 6.68. The second-order valence-corrected chi connectivity index (χ2v) is 6.54. The Bertz CT molecular complexity index is 382. The van der Waals surface area contributed by atoms with Gasteiger partial charge in [0.25, 0.3) is 0 Å². The molecule has 0 saturated heterocycles. The zero-order valence-electron chi connectivity index (χ0n) is 9.57. The monoisotopic (exact) mass is 238 g/mol. The van der Waals surface area contributed by atoms with E-state index in [9.17, 15) is 20.1 Å². The number of carboxylic acids is 1. The van der Waals surface area contributed by atoms with Crippen molar-refractivity contribution < 1.29 is 20.1 Å². The quantitative estimate of drug-likeness (QED) is 0.575. The Morgan fingerprint density at radius 3 is 2.18 bits per heavy atom. The fraction of sp³-hybridized carbons (Fsp3) is 0.923. The van der Waals surface area contributed by atoms with E-state index in [0.717, 1.165) is 19.3 Å². The fourth-order valence-corrected chi connectivity index (χ4v) is 5.84. The van der Waals surface area contributed by atoms with Gasteiger partial charge in [-0.05, 0) is 54.8 Å². The van der Waals surface area contributed by atoms with E-state index in [1.807, 2.05) is 0 Å². The van der Waals surface area contributed by atoms with Crippen LogP contribution in [0.15, 0.2) is 0 Å². The van der Waals surface area contributed by atoms with Crippen molar-refractivity contribution in [3.63, 3.8) is 0 Å².